The molecule has 0 aliphatic carbocycles. The molecule has 2 heterocycles. The minimum Gasteiger partial charge on any atom is -0.301 e. The molecule has 0 saturated carbocycles. The highest BCUT2D eigenvalue weighted by Crippen LogP contribution is 2.40. The fourth-order valence-corrected chi connectivity index (χ4v) is 6.58. The summed E-state index contributed by atoms with van der Waals surface area (Å²) < 4.78 is 15.1. The number of hydrogen-bond acceptors (Lipinski definition) is 3. The van der Waals surface area contributed by atoms with Crippen LogP contribution in [0, 0.1) is 17.1 Å². The standard InChI is InChI=1S/C30H40FN3/c1-19(2)21-9-25-16-34(18-30(6,7)28(25)26(31)12-21)14-20(3)22-10-23(13-32)27-24(11-22)15-33(8)17-29(27,4)5/h9-12,19-20H,14-18H2,1-8H3. The molecular formula is C30H40FN3. The lowest BCUT2D eigenvalue weighted by Crippen LogP contribution is -2.44. The van der Waals surface area contributed by atoms with E-state index in [1.165, 1.54) is 16.7 Å². The smallest absolute Gasteiger partial charge is 0.127 e. The van der Waals surface area contributed by atoms with E-state index >= 15 is 4.39 Å². The monoisotopic (exact) mass is 461 g/mol. The van der Waals surface area contributed by atoms with Gasteiger partial charge in [-0.2, -0.15) is 5.26 Å². The molecule has 0 spiro atoms. The number of nitrogens with zero attached hydrogens (tertiary/aromatic N) is 3. The van der Waals surface area contributed by atoms with Crippen molar-refractivity contribution in [1.29, 1.82) is 5.26 Å². The summed E-state index contributed by atoms with van der Waals surface area (Å²) in [5.74, 6) is 0.529. The number of hydrogen-bond donors (Lipinski definition) is 0. The van der Waals surface area contributed by atoms with E-state index in [0.717, 1.165) is 55.0 Å². The maximum absolute atomic E-state index is 15.1. The van der Waals surface area contributed by atoms with Crippen LogP contribution in [0.15, 0.2) is 24.3 Å². The lowest BCUT2D eigenvalue weighted by molar-refractivity contribution is 0.182. The third kappa shape index (κ3) is 4.53. The van der Waals surface area contributed by atoms with Crippen molar-refractivity contribution in [1.82, 2.24) is 9.80 Å². The molecule has 4 rings (SSSR count). The molecule has 0 fully saturated rings. The van der Waals surface area contributed by atoms with Crippen molar-refractivity contribution < 1.29 is 4.39 Å². The largest absolute Gasteiger partial charge is 0.301 e. The summed E-state index contributed by atoms with van der Waals surface area (Å²) in [5, 5.41) is 9.98. The molecule has 182 valence electrons. The third-order valence-corrected chi connectivity index (χ3v) is 7.80. The van der Waals surface area contributed by atoms with Crippen molar-refractivity contribution in [2.75, 3.05) is 26.7 Å². The Hall–Kier alpha value is -2.22. The van der Waals surface area contributed by atoms with Gasteiger partial charge in [-0.25, -0.2) is 4.39 Å². The molecule has 0 radical (unpaired) electrons. The Morgan fingerprint density at radius 2 is 1.53 bits per heavy atom. The summed E-state index contributed by atoms with van der Waals surface area (Å²) in [5.41, 5.74) is 7.35. The second-order valence-corrected chi connectivity index (χ2v) is 12.4. The van der Waals surface area contributed by atoms with Crippen molar-refractivity contribution in [3.63, 3.8) is 0 Å². The summed E-state index contributed by atoms with van der Waals surface area (Å²) in [7, 11) is 2.16. The molecule has 0 amide bonds. The molecule has 2 aromatic carbocycles. The molecule has 2 aliphatic rings. The lowest BCUT2D eigenvalue weighted by Gasteiger charge is -2.42. The first-order chi connectivity index (χ1) is 15.8. The van der Waals surface area contributed by atoms with Crippen LogP contribution in [0.5, 0.6) is 0 Å². The zero-order valence-corrected chi connectivity index (χ0v) is 22.2. The minimum absolute atomic E-state index is 0.0338. The summed E-state index contributed by atoms with van der Waals surface area (Å²) in [4.78, 5) is 4.82. The molecule has 2 aromatic rings. The van der Waals surface area contributed by atoms with Gasteiger partial charge in [0.05, 0.1) is 11.6 Å². The Kier molecular flexibility index (Phi) is 6.42. The first-order valence-corrected chi connectivity index (χ1v) is 12.6. The van der Waals surface area contributed by atoms with Crippen molar-refractivity contribution >= 4 is 0 Å². The number of nitriles is 1. The summed E-state index contributed by atoms with van der Waals surface area (Å²) in [6.07, 6.45) is 0. The van der Waals surface area contributed by atoms with Crippen LogP contribution in [0.25, 0.3) is 0 Å². The van der Waals surface area contributed by atoms with E-state index in [1.807, 2.05) is 0 Å². The van der Waals surface area contributed by atoms with E-state index < -0.39 is 0 Å². The Morgan fingerprint density at radius 3 is 2.18 bits per heavy atom. The maximum atomic E-state index is 15.1. The van der Waals surface area contributed by atoms with Gasteiger partial charge in [0.25, 0.3) is 0 Å². The molecule has 0 saturated heterocycles. The van der Waals surface area contributed by atoms with Crippen LogP contribution in [0.1, 0.15) is 99.2 Å². The van der Waals surface area contributed by atoms with Gasteiger partial charge in [0, 0.05) is 43.6 Å². The van der Waals surface area contributed by atoms with Gasteiger partial charge in [-0.1, -0.05) is 60.6 Å². The van der Waals surface area contributed by atoms with Crippen LogP contribution in [0.4, 0.5) is 4.39 Å². The highest BCUT2D eigenvalue weighted by molar-refractivity contribution is 5.51. The summed E-state index contributed by atoms with van der Waals surface area (Å²) in [6.45, 7) is 19.6. The van der Waals surface area contributed by atoms with Crippen LogP contribution in [-0.2, 0) is 23.9 Å². The summed E-state index contributed by atoms with van der Waals surface area (Å²) in [6, 6.07) is 10.9. The van der Waals surface area contributed by atoms with Crippen molar-refractivity contribution in [2.24, 2.45) is 0 Å². The number of halogens is 1. The van der Waals surface area contributed by atoms with Gasteiger partial charge in [-0.05, 0) is 64.4 Å². The third-order valence-electron chi connectivity index (χ3n) is 7.80. The molecule has 3 nitrogen and oxygen atoms in total. The average molecular weight is 462 g/mol. The zero-order valence-electron chi connectivity index (χ0n) is 22.2. The zero-order chi connectivity index (χ0) is 25.0. The molecule has 2 aliphatic heterocycles. The van der Waals surface area contributed by atoms with Gasteiger partial charge >= 0.3 is 0 Å². The van der Waals surface area contributed by atoms with E-state index in [2.05, 4.69) is 89.6 Å². The molecule has 0 N–H and O–H groups in total. The van der Waals surface area contributed by atoms with Gasteiger partial charge in [-0.3, -0.25) is 4.90 Å². The van der Waals surface area contributed by atoms with Gasteiger partial charge in [0.2, 0.25) is 0 Å². The van der Waals surface area contributed by atoms with Crippen LogP contribution < -0.4 is 0 Å². The van der Waals surface area contributed by atoms with Crippen LogP contribution in [-0.4, -0.2) is 36.5 Å². The van der Waals surface area contributed by atoms with Crippen LogP contribution in [0.2, 0.25) is 0 Å². The quantitative estimate of drug-likeness (QED) is 0.525. The fourth-order valence-electron chi connectivity index (χ4n) is 6.58. The molecular weight excluding hydrogens is 421 g/mol. The SMILES string of the molecule is CC(C)c1cc(F)c2c(c1)CN(CC(C)c1cc(C#N)c3c(c1)CN(C)CC3(C)C)CC2(C)C. The summed E-state index contributed by atoms with van der Waals surface area (Å²) >= 11 is 0. The Morgan fingerprint density at radius 1 is 0.912 bits per heavy atom. The van der Waals surface area contributed by atoms with E-state index in [4.69, 9.17) is 0 Å². The van der Waals surface area contributed by atoms with E-state index in [-0.39, 0.29) is 22.6 Å². The van der Waals surface area contributed by atoms with Crippen LogP contribution >= 0.6 is 0 Å². The van der Waals surface area contributed by atoms with E-state index in [1.54, 1.807) is 6.07 Å². The van der Waals surface area contributed by atoms with Gasteiger partial charge in [-0.15, -0.1) is 0 Å². The van der Waals surface area contributed by atoms with Crippen molar-refractivity contribution in [3.8, 4) is 6.07 Å². The molecule has 1 unspecified atom stereocenters. The Labute approximate surface area is 205 Å². The highest BCUT2D eigenvalue weighted by Gasteiger charge is 2.36. The predicted octanol–water partition coefficient (Wildman–Crippen LogP) is 6.44. The second-order valence-electron chi connectivity index (χ2n) is 12.4. The Balaban J connectivity index is 1.64. The van der Waals surface area contributed by atoms with Crippen molar-refractivity contribution in [2.45, 2.75) is 84.2 Å². The molecule has 34 heavy (non-hydrogen) atoms. The number of rotatable bonds is 4. The van der Waals surface area contributed by atoms with Crippen LogP contribution in [0.3, 0.4) is 0 Å². The maximum Gasteiger partial charge on any atom is 0.127 e. The average Bonchev–Trinajstić information content (AvgIpc) is 2.70. The topological polar surface area (TPSA) is 30.3 Å². The lowest BCUT2D eigenvalue weighted by atomic mass is 9.74. The normalized spacial score (nSPS) is 20.5. The molecule has 0 aromatic heterocycles. The van der Waals surface area contributed by atoms with E-state index in [0.29, 0.717) is 5.92 Å². The minimum atomic E-state index is -0.243. The molecule has 0 bridgehead atoms. The van der Waals surface area contributed by atoms with Gasteiger partial charge in [0.15, 0.2) is 0 Å². The predicted molar refractivity (Wildman–Crippen MR) is 138 cm³/mol. The molecule has 1 atom stereocenters. The fraction of sp³-hybridized carbons (Fsp3) is 0.567. The molecule has 4 heteroatoms. The first kappa shape index (κ1) is 24.9. The van der Waals surface area contributed by atoms with Crippen molar-refractivity contribution in [3.05, 3.63) is 69.0 Å². The highest BCUT2D eigenvalue weighted by atomic mass is 19.1. The van der Waals surface area contributed by atoms with E-state index in [9.17, 15) is 5.26 Å². The van der Waals surface area contributed by atoms with Gasteiger partial charge < -0.3 is 4.90 Å². The first-order valence-electron chi connectivity index (χ1n) is 12.6. The van der Waals surface area contributed by atoms with Gasteiger partial charge in [0.1, 0.15) is 5.82 Å². The number of fused-ring (bicyclic) bond motifs is 2. The second kappa shape index (κ2) is 8.77. The Bertz CT molecular complexity index is 1140. The number of likely N-dealkylation sites (N-methyl/N-ethyl adjacent to an activating group) is 1. The number of benzene rings is 2.